The van der Waals surface area contributed by atoms with Crippen LogP contribution in [0.5, 0.6) is 0 Å². The summed E-state index contributed by atoms with van der Waals surface area (Å²) in [6.45, 7) is 1.95. The van der Waals surface area contributed by atoms with Crippen molar-refractivity contribution in [3.8, 4) is 0 Å². The van der Waals surface area contributed by atoms with Gasteiger partial charge in [0, 0.05) is 6.26 Å². The van der Waals surface area contributed by atoms with Gasteiger partial charge in [-0.05, 0) is 56.5 Å². The van der Waals surface area contributed by atoms with Crippen molar-refractivity contribution in [3.63, 3.8) is 0 Å². The zero-order valence-corrected chi connectivity index (χ0v) is 10.9. The van der Waals surface area contributed by atoms with Crippen molar-refractivity contribution < 1.29 is 8.42 Å². The Hall–Kier alpha value is -0.0900. The summed E-state index contributed by atoms with van der Waals surface area (Å²) in [5, 5.41) is 3.42. The average Bonchev–Trinajstić information content (AvgIpc) is 2.76. The molecule has 3 atom stereocenters. The van der Waals surface area contributed by atoms with Gasteiger partial charge in [0.25, 0.3) is 0 Å². The summed E-state index contributed by atoms with van der Waals surface area (Å²) < 4.78 is 21.9. The highest BCUT2D eigenvalue weighted by molar-refractivity contribution is 7.90. The summed E-state index contributed by atoms with van der Waals surface area (Å²) in [5.41, 5.74) is 0. The molecule has 3 unspecified atom stereocenters. The molecule has 0 aliphatic heterocycles. The quantitative estimate of drug-likeness (QED) is 0.720. The molecule has 2 fully saturated rings. The van der Waals surface area contributed by atoms with E-state index in [2.05, 4.69) is 5.32 Å². The third-order valence-corrected chi connectivity index (χ3v) is 5.19. The predicted molar refractivity (Wildman–Crippen MR) is 66.1 cm³/mol. The number of sulfone groups is 1. The highest BCUT2D eigenvalue weighted by Crippen LogP contribution is 2.47. The van der Waals surface area contributed by atoms with E-state index in [1.165, 1.54) is 31.9 Å². The Morgan fingerprint density at radius 1 is 1.25 bits per heavy atom. The van der Waals surface area contributed by atoms with Crippen molar-refractivity contribution in [1.82, 2.24) is 5.32 Å². The van der Waals surface area contributed by atoms with Crippen LogP contribution in [-0.4, -0.2) is 33.5 Å². The topological polar surface area (TPSA) is 46.2 Å². The zero-order chi connectivity index (χ0) is 11.6. The van der Waals surface area contributed by atoms with E-state index in [0.29, 0.717) is 5.75 Å². The van der Waals surface area contributed by atoms with Gasteiger partial charge in [0.05, 0.1) is 5.75 Å². The second kappa shape index (κ2) is 5.05. The fraction of sp³-hybridized carbons (Fsp3) is 1.00. The Morgan fingerprint density at radius 2 is 2.06 bits per heavy atom. The molecule has 0 radical (unpaired) electrons. The molecule has 1 N–H and O–H groups in total. The van der Waals surface area contributed by atoms with Crippen molar-refractivity contribution >= 4 is 9.84 Å². The molecular weight excluding hydrogens is 222 g/mol. The number of hydrogen-bond acceptors (Lipinski definition) is 3. The molecule has 3 nitrogen and oxygen atoms in total. The molecular formula is C12H23NO2S. The lowest BCUT2D eigenvalue weighted by Gasteiger charge is -2.21. The summed E-state index contributed by atoms with van der Waals surface area (Å²) in [5.74, 6) is 3.16. The Kier molecular flexibility index (Phi) is 3.90. The van der Waals surface area contributed by atoms with Crippen LogP contribution < -0.4 is 5.32 Å². The molecule has 0 amide bonds. The van der Waals surface area contributed by atoms with E-state index >= 15 is 0 Å². The van der Waals surface area contributed by atoms with Crippen LogP contribution in [0.3, 0.4) is 0 Å². The molecule has 2 aliphatic carbocycles. The average molecular weight is 245 g/mol. The van der Waals surface area contributed by atoms with E-state index in [0.717, 1.165) is 37.3 Å². The molecule has 16 heavy (non-hydrogen) atoms. The van der Waals surface area contributed by atoms with Gasteiger partial charge < -0.3 is 5.32 Å². The number of nitrogens with one attached hydrogen (secondary N) is 1. The first kappa shape index (κ1) is 12.4. The number of rotatable bonds is 6. The summed E-state index contributed by atoms with van der Waals surface area (Å²) in [6, 6.07) is 0. The lowest BCUT2D eigenvalue weighted by Crippen LogP contribution is -2.28. The Bertz CT molecular complexity index is 326. The Morgan fingerprint density at radius 3 is 2.62 bits per heavy atom. The molecule has 0 aromatic carbocycles. The molecule has 2 saturated carbocycles. The minimum Gasteiger partial charge on any atom is -0.316 e. The standard InChI is InChI=1S/C12H23NO2S/c1-16(14,15)6-2-5-13-9-12-8-10-3-4-11(12)7-10/h10-13H,2-9H2,1H3. The third kappa shape index (κ3) is 3.45. The van der Waals surface area contributed by atoms with Crippen molar-refractivity contribution in [1.29, 1.82) is 0 Å². The molecule has 4 heteroatoms. The summed E-state index contributed by atoms with van der Waals surface area (Å²) in [4.78, 5) is 0. The Labute approximate surface area is 98.9 Å². The smallest absolute Gasteiger partial charge is 0.147 e. The van der Waals surface area contributed by atoms with Crippen LogP contribution in [0.1, 0.15) is 32.1 Å². The first-order valence-corrected chi connectivity index (χ1v) is 8.49. The van der Waals surface area contributed by atoms with Crippen LogP contribution in [0.4, 0.5) is 0 Å². The van der Waals surface area contributed by atoms with Crippen molar-refractivity contribution in [2.75, 3.05) is 25.1 Å². The van der Waals surface area contributed by atoms with E-state index < -0.39 is 9.84 Å². The van der Waals surface area contributed by atoms with Crippen molar-refractivity contribution in [2.45, 2.75) is 32.1 Å². The SMILES string of the molecule is CS(=O)(=O)CCCNCC1CC2CCC1C2. The van der Waals surface area contributed by atoms with Gasteiger partial charge in [0.2, 0.25) is 0 Å². The Balaban J connectivity index is 1.56. The molecule has 0 saturated heterocycles. The van der Waals surface area contributed by atoms with Gasteiger partial charge in [-0.15, -0.1) is 0 Å². The normalized spacial score (nSPS) is 33.4. The van der Waals surface area contributed by atoms with Crippen LogP contribution in [0.2, 0.25) is 0 Å². The van der Waals surface area contributed by atoms with Crippen LogP contribution in [-0.2, 0) is 9.84 Å². The minimum absolute atomic E-state index is 0.316. The van der Waals surface area contributed by atoms with Crippen LogP contribution in [0.25, 0.3) is 0 Å². The fourth-order valence-corrected chi connectivity index (χ4v) is 4.04. The molecule has 0 aromatic heterocycles. The van der Waals surface area contributed by atoms with Gasteiger partial charge >= 0.3 is 0 Å². The first-order valence-electron chi connectivity index (χ1n) is 6.43. The largest absolute Gasteiger partial charge is 0.316 e. The van der Waals surface area contributed by atoms with E-state index in [1.807, 2.05) is 0 Å². The van der Waals surface area contributed by atoms with Crippen LogP contribution >= 0.6 is 0 Å². The second-order valence-corrected chi connectivity index (χ2v) is 7.88. The van der Waals surface area contributed by atoms with Gasteiger partial charge in [-0.1, -0.05) is 6.42 Å². The third-order valence-electron chi connectivity index (χ3n) is 4.16. The molecule has 2 rings (SSSR count). The molecule has 0 aromatic rings. The zero-order valence-electron chi connectivity index (χ0n) is 10.1. The first-order chi connectivity index (χ1) is 7.54. The van der Waals surface area contributed by atoms with Crippen LogP contribution in [0.15, 0.2) is 0 Å². The highest BCUT2D eigenvalue weighted by atomic mass is 32.2. The maximum Gasteiger partial charge on any atom is 0.147 e. The van der Waals surface area contributed by atoms with E-state index in [4.69, 9.17) is 0 Å². The monoisotopic (exact) mass is 245 g/mol. The molecule has 0 heterocycles. The molecule has 2 aliphatic rings. The lowest BCUT2D eigenvalue weighted by molar-refractivity contribution is 0.319. The maximum atomic E-state index is 10.9. The van der Waals surface area contributed by atoms with E-state index in [9.17, 15) is 8.42 Å². The van der Waals surface area contributed by atoms with Gasteiger partial charge in [-0.25, -0.2) is 8.42 Å². The van der Waals surface area contributed by atoms with Gasteiger partial charge in [-0.3, -0.25) is 0 Å². The number of fused-ring (bicyclic) bond motifs is 2. The minimum atomic E-state index is -2.77. The van der Waals surface area contributed by atoms with E-state index in [-0.39, 0.29) is 0 Å². The second-order valence-electron chi connectivity index (χ2n) is 5.62. The molecule has 2 bridgehead atoms. The fourth-order valence-electron chi connectivity index (χ4n) is 3.37. The van der Waals surface area contributed by atoms with E-state index in [1.54, 1.807) is 0 Å². The van der Waals surface area contributed by atoms with Crippen molar-refractivity contribution in [3.05, 3.63) is 0 Å². The summed E-state index contributed by atoms with van der Waals surface area (Å²) in [6.07, 6.45) is 7.80. The van der Waals surface area contributed by atoms with Gasteiger partial charge in [0.1, 0.15) is 9.84 Å². The summed E-state index contributed by atoms with van der Waals surface area (Å²) in [7, 11) is -2.77. The number of hydrogen-bond donors (Lipinski definition) is 1. The van der Waals surface area contributed by atoms with Crippen molar-refractivity contribution in [2.24, 2.45) is 17.8 Å². The lowest BCUT2D eigenvalue weighted by atomic mass is 9.89. The maximum absolute atomic E-state index is 10.9. The predicted octanol–water partition coefficient (Wildman–Crippen LogP) is 1.45. The highest BCUT2D eigenvalue weighted by Gasteiger charge is 2.38. The molecule has 0 spiro atoms. The van der Waals surface area contributed by atoms with Gasteiger partial charge in [0.15, 0.2) is 0 Å². The molecule has 94 valence electrons. The van der Waals surface area contributed by atoms with Crippen LogP contribution in [0, 0.1) is 17.8 Å². The summed E-state index contributed by atoms with van der Waals surface area (Å²) >= 11 is 0. The van der Waals surface area contributed by atoms with Gasteiger partial charge in [-0.2, -0.15) is 0 Å².